The van der Waals surface area contributed by atoms with Crippen LogP contribution >= 0.6 is 0 Å². The van der Waals surface area contributed by atoms with Crippen LogP contribution in [-0.4, -0.2) is 26.2 Å². The van der Waals surface area contributed by atoms with Gasteiger partial charge >= 0.3 is 6.09 Å². The lowest BCUT2D eigenvalue weighted by atomic mass is 10.1. The van der Waals surface area contributed by atoms with Gasteiger partial charge in [0, 0.05) is 40.5 Å². The van der Waals surface area contributed by atoms with Crippen molar-refractivity contribution in [2.24, 2.45) is 0 Å². The number of aromatic nitrogens is 3. The molecule has 0 spiro atoms. The van der Waals surface area contributed by atoms with E-state index in [0.29, 0.717) is 22.2 Å². The molecule has 7 heteroatoms. The number of fused-ring (bicyclic) bond motifs is 1. The van der Waals surface area contributed by atoms with Gasteiger partial charge in [-0.2, -0.15) is 5.26 Å². The highest BCUT2D eigenvalue weighted by molar-refractivity contribution is 5.91. The molecule has 26 heavy (non-hydrogen) atoms. The van der Waals surface area contributed by atoms with E-state index in [-0.39, 0.29) is 11.8 Å². The first-order valence-corrected chi connectivity index (χ1v) is 8.19. The van der Waals surface area contributed by atoms with Crippen molar-refractivity contribution >= 4 is 22.7 Å². The first-order chi connectivity index (χ1) is 12.5. The van der Waals surface area contributed by atoms with Crippen LogP contribution in [0.25, 0.3) is 10.9 Å². The monoisotopic (exact) mass is 345 g/mol. The van der Waals surface area contributed by atoms with Crippen molar-refractivity contribution in [3.63, 3.8) is 0 Å². The average molecular weight is 345 g/mol. The van der Waals surface area contributed by atoms with Crippen molar-refractivity contribution < 1.29 is 9.90 Å². The molecule has 4 rings (SSSR count). The maximum atomic E-state index is 10.8. The average Bonchev–Trinajstić information content (AvgIpc) is 3.41. The van der Waals surface area contributed by atoms with E-state index in [2.05, 4.69) is 26.3 Å². The molecule has 0 radical (unpaired) electrons. The van der Waals surface area contributed by atoms with E-state index in [4.69, 9.17) is 5.11 Å². The Hall–Kier alpha value is -3.53. The smallest absolute Gasteiger partial charge is 0.409 e. The molecule has 0 bridgehead atoms. The zero-order valence-electron chi connectivity index (χ0n) is 14.0. The van der Waals surface area contributed by atoms with Crippen molar-refractivity contribution in [3.05, 3.63) is 59.3 Å². The van der Waals surface area contributed by atoms with Gasteiger partial charge in [0.25, 0.3) is 0 Å². The van der Waals surface area contributed by atoms with Gasteiger partial charge in [-0.3, -0.25) is 10.3 Å². The lowest BCUT2D eigenvalue weighted by Crippen LogP contribution is -2.07. The summed E-state index contributed by atoms with van der Waals surface area (Å²) in [7, 11) is 0. The summed E-state index contributed by atoms with van der Waals surface area (Å²) in [4.78, 5) is 24.3. The molecule has 1 aromatic carbocycles. The number of hydrogen-bond donors (Lipinski definition) is 2. The van der Waals surface area contributed by atoms with Crippen LogP contribution in [0.5, 0.6) is 0 Å². The molecule has 1 amide bonds. The second-order valence-electron chi connectivity index (χ2n) is 6.37. The molecule has 1 fully saturated rings. The van der Waals surface area contributed by atoms with Gasteiger partial charge in [-0.15, -0.1) is 0 Å². The minimum Gasteiger partial charge on any atom is -0.465 e. The fourth-order valence-corrected chi connectivity index (χ4v) is 3.19. The van der Waals surface area contributed by atoms with Crippen molar-refractivity contribution in [2.45, 2.75) is 25.2 Å². The molecule has 2 heterocycles. The van der Waals surface area contributed by atoms with E-state index < -0.39 is 6.09 Å². The molecule has 1 aliphatic rings. The lowest BCUT2D eigenvalue weighted by molar-refractivity contribution is 0.210. The normalized spacial score (nSPS) is 18.3. The number of pyridine rings is 1. The van der Waals surface area contributed by atoms with Gasteiger partial charge in [0.05, 0.1) is 17.1 Å². The number of aryl methyl sites for hydroxylation is 1. The summed E-state index contributed by atoms with van der Waals surface area (Å²) >= 11 is 0. The Bertz CT molecular complexity index is 1070. The molecule has 2 N–H and O–H groups in total. The molecule has 3 aromatic rings. The van der Waals surface area contributed by atoms with E-state index in [0.717, 1.165) is 23.6 Å². The fourth-order valence-electron chi connectivity index (χ4n) is 3.19. The van der Waals surface area contributed by atoms with Crippen LogP contribution in [0.2, 0.25) is 0 Å². The predicted octanol–water partition coefficient (Wildman–Crippen LogP) is 3.57. The Morgan fingerprint density at radius 2 is 2.12 bits per heavy atom. The molecule has 7 nitrogen and oxygen atoms in total. The zero-order chi connectivity index (χ0) is 18.3. The van der Waals surface area contributed by atoms with Crippen molar-refractivity contribution in [2.75, 3.05) is 5.32 Å². The van der Waals surface area contributed by atoms with Crippen LogP contribution in [0.4, 0.5) is 10.5 Å². The first-order valence-electron chi connectivity index (χ1n) is 8.19. The summed E-state index contributed by atoms with van der Waals surface area (Å²) in [5.74, 6) is 1.17. The number of amides is 1. The number of rotatable bonds is 3. The summed E-state index contributed by atoms with van der Waals surface area (Å²) < 4.78 is 0. The Morgan fingerprint density at radius 1 is 1.27 bits per heavy atom. The third-order valence-electron chi connectivity index (χ3n) is 4.52. The second kappa shape index (κ2) is 6.08. The van der Waals surface area contributed by atoms with Crippen molar-refractivity contribution in [3.8, 4) is 6.07 Å². The molecule has 1 aliphatic carbocycles. The number of benzene rings is 1. The SMILES string of the molecule is Cc1ccnc([C@H]2C[C@@H]2c2cc(C#N)c3ccc(NC(=O)O)cc3n2)n1. The maximum Gasteiger partial charge on any atom is 0.409 e. The highest BCUT2D eigenvalue weighted by Gasteiger charge is 2.43. The minimum atomic E-state index is -1.14. The highest BCUT2D eigenvalue weighted by Crippen LogP contribution is 2.53. The van der Waals surface area contributed by atoms with Crippen LogP contribution < -0.4 is 5.32 Å². The van der Waals surface area contributed by atoms with Crippen molar-refractivity contribution in [1.82, 2.24) is 15.0 Å². The van der Waals surface area contributed by atoms with Gasteiger partial charge in [-0.25, -0.2) is 14.8 Å². The second-order valence-corrected chi connectivity index (χ2v) is 6.37. The topological polar surface area (TPSA) is 112 Å². The van der Waals surface area contributed by atoms with E-state index in [1.165, 1.54) is 0 Å². The van der Waals surface area contributed by atoms with Gasteiger partial charge < -0.3 is 5.11 Å². The van der Waals surface area contributed by atoms with Crippen LogP contribution in [0.3, 0.4) is 0 Å². The molecular weight excluding hydrogens is 330 g/mol. The molecule has 128 valence electrons. The molecular formula is C19H15N5O2. The van der Waals surface area contributed by atoms with E-state index in [1.54, 1.807) is 24.4 Å². The van der Waals surface area contributed by atoms with Crippen LogP contribution in [-0.2, 0) is 0 Å². The number of carboxylic acid groups (broad SMARTS) is 1. The maximum absolute atomic E-state index is 10.8. The minimum absolute atomic E-state index is 0.171. The number of nitrogens with zero attached hydrogens (tertiary/aromatic N) is 4. The molecule has 0 unspecified atom stereocenters. The summed E-state index contributed by atoms with van der Waals surface area (Å²) in [5.41, 5.74) is 3.29. The Morgan fingerprint density at radius 3 is 2.85 bits per heavy atom. The fraction of sp³-hybridized carbons (Fsp3) is 0.211. The number of carbonyl (C=O) groups is 1. The zero-order valence-corrected chi connectivity index (χ0v) is 14.0. The number of hydrogen-bond acceptors (Lipinski definition) is 5. The molecule has 1 saturated carbocycles. The largest absolute Gasteiger partial charge is 0.465 e. The van der Waals surface area contributed by atoms with E-state index in [9.17, 15) is 10.1 Å². The quantitative estimate of drug-likeness (QED) is 0.750. The Kier molecular flexibility index (Phi) is 3.73. The summed E-state index contributed by atoms with van der Waals surface area (Å²) in [6, 6.07) is 10.9. The first kappa shape index (κ1) is 16.0. The van der Waals surface area contributed by atoms with E-state index >= 15 is 0 Å². The molecule has 2 aromatic heterocycles. The summed E-state index contributed by atoms with van der Waals surface area (Å²) in [6.45, 7) is 1.93. The lowest BCUT2D eigenvalue weighted by Gasteiger charge is -2.07. The van der Waals surface area contributed by atoms with Gasteiger partial charge in [-0.05, 0) is 43.7 Å². The Labute approximate surface area is 149 Å². The predicted molar refractivity (Wildman–Crippen MR) is 95.0 cm³/mol. The van der Waals surface area contributed by atoms with Gasteiger partial charge in [0.1, 0.15) is 5.82 Å². The van der Waals surface area contributed by atoms with Crippen LogP contribution in [0.1, 0.15) is 41.0 Å². The number of nitrogens with one attached hydrogen (secondary N) is 1. The third kappa shape index (κ3) is 2.93. The van der Waals surface area contributed by atoms with Gasteiger partial charge in [-0.1, -0.05) is 0 Å². The summed E-state index contributed by atoms with van der Waals surface area (Å²) in [5, 5.41) is 21.4. The third-order valence-corrected chi connectivity index (χ3v) is 4.52. The van der Waals surface area contributed by atoms with Crippen LogP contribution in [0.15, 0.2) is 36.5 Å². The molecule has 0 saturated heterocycles. The number of nitriles is 1. The van der Waals surface area contributed by atoms with Gasteiger partial charge in [0.2, 0.25) is 0 Å². The van der Waals surface area contributed by atoms with Crippen molar-refractivity contribution in [1.29, 1.82) is 5.26 Å². The molecule has 0 aliphatic heterocycles. The van der Waals surface area contributed by atoms with E-state index in [1.807, 2.05) is 19.1 Å². The standard InChI is InChI=1S/C19H15N5O2/c1-10-4-5-21-18(22-10)15-8-14(15)16-6-11(9-20)13-3-2-12(23-19(25)26)7-17(13)24-16/h2-7,14-15,23H,8H2,1H3,(H,25,26)/t14-,15-/m0/s1. The van der Waals surface area contributed by atoms with Gasteiger partial charge in [0.15, 0.2) is 0 Å². The van der Waals surface area contributed by atoms with Crippen LogP contribution in [0, 0.1) is 18.3 Å². The summed E-state index contributed by atoms with van der Waals surface area (Å²) in [6.07, 6.45) is 1.51. The molecule has 2 atom stereocenters. The highest BCUT2D eigenvalue weighted by atomic mass is 16.4. The Balaban J connectivity index is 1.72. The number of anilines is 1.